The molecule has 4 rings (SSSR count). The third-order valence-electron chi connectivity index (χ3n) is 4.96. The molecule has 1 fully saturated rings. The number of halogens is 2. The fourth-order valence-electron chi connectivity index (χ4n) is 3.53. The van der Waals surface area contributed by atoms with E-state index in [4.69, 9.17) is 0 Å². The predicted octanol–water partition coefficient (Wildman–Crippen LogP) is 4.37. The molecule has 0 saturated carbocycles. The Bertz CT molecular complexity index is 952. The maximum absolute atomic E-state index is 13.4. The highest BCUT2D eigenvalue weighted by molar-refractivity contribution is 5.94. The van der Waals surface area contributed by atoms with Crippen LogP contribution in [-0.4, -0.2) is 34.1 Å². The summed E-state index contributed by atoms with van der Waals surface area (Å²) in [5.41, 5.74) is 2.90. The first-order chi connectivity index (χ1) is 13.1. The first-order valence-electron chi connectivity index (χ1n) is 8.96. The van der Waals surface area contributed by atoms with Gasteiger partial charge in [-0.2, -0.15) is 5.10 Å². The molecular weight excluding hydrogens is 348 g/mol. The zero-order chi connectivity index (χ0) is 18.8. The Balaban J connectivity index is 1.50. The number of carbonyl (C=O) groups excluding carboxylic acids is 1. The molecule has 0 bridgehead atoms. The highest BCUT2D eigenvalue weighted by Crippen LogP contribution is 2.29. The van der Waals surface area contributed by atoms with Crippen molar-refractivity contribution < 1.29 is 13.6 Å². The zero-order valence-corrected chi connectivity index (χ0v) is 14.7. The van der Waals surface area contributed by atoms with E-state index in [9.17, 15) is 13.6 Å². The minimum absolute atomic E-state index is 0.137. The molecular formula is C21H19F2N3O. The van der Waals surface area contributed by atoms with Gasteiger partial charge in [0.25, 0.3) is 5.91 Å². The number of aromatic amines is 1. The van der Waals surface area contributed by atoms with Gasteiger partial charge in [-0.05, 0) is 61.4 Å². The van der Waals surface area contributed by atoms with Gasteiger partial charge >= 0.3 is 0 Å². The number of rotatable bonds is 3. The molecule has 1 aromatic heterocycles. The van der Waals surface area contributed by atoms with Crippen molar-refractivity contribution in [3.8, 4) is 11.3 Å². The first kappa shape index (κ1) is 17.4. The largest absolute Gasteiger partial charge is 0.338 e. The highest BCUT2D eigenvalue weighted by atomic mass is 19.1. The lowest BCUT2D eigenvalue weighted by atomic mass is 9.94. The van der Waals surface area contributed by atoms with Gasteiger partial charge in [0.15, 0.2) is 0 Å². The summed E-state index contributed by atoms with van der Waals surface area (Å²) in [7, 11) is 0. The Labute approximate surface area is 155 Å². The molecule has 4 nitrogen and oxygen atoms in total. The first-order valence-corrected chi connectivity index (χ1v) is 8.96. The molecule has 27 heavy (non-hydrogen) atoms. The number of hydrogen-bond donors (Lipinski definition) is 1. The molecule has 1 atom stereocenters. The number of hydrogen-bond acceptors (Lipinski definition) is 2. The standard InChI is InChI=1S/C21H19F2N3O/c22-17-8-6-14(7-9-17)19-12-20(25-24-19)16-4-2-10-26(13-16)21(27)15-3-1-5-18(23)11-15/h1,3,5-9,11-12,16H,2,4,10,13H2,(H,24,25). The van der Waals surface area contributed by atoms with E-state index >= 15 is 0 Å². The average Bonchev–Trinajstić information content (AvgIpc) is 3.18. The van der Waals surface area contributed by atoms with E-state index in [2.05, 4.69) is 10.2 Å². The van der Waals surface area contributed by atoms with Crippen molar-refractivity contribution in [1.82, 2.24) is 15.1 Å². The van der Waals surface area contributed by atoms with Crippen LogP contribution in [0.25, 0.3) is 11.3 Å². The van der Waals surface area contributed by atoms with Crippen LogP contribution in [0.3, 0.4) is 0 Å². The van der Waals surface area contributed by atoms with Crippen LogP contribution in [0.2, 0.25) is 0 Å². The summed E-state index contributed by atoms with van der Waals surface area (Å²) in [4.78, 5) is 14.5. The Morgan fingerprint density at radius 1 is 1.07 bits per heavy atom. The summed E-state index contributed by atoms with van der Waals surface area (Å²) in [5.74, 6) is -0.712. The normalized spacial score (nSPS) is 17.1. The zero-order valence-electron chi connectivity index (χ0n) is 14.7. The van der Waals surface area contributed by atoms with Gasteiger partial charge in [-0.3, -0.25) is 9.89 Å². The summed E-state index contributed by atoms with van der Waals surface area (Å²) < 4.78 is 26.5. The number of piperidine rings is 1. The van der Waals surface area contributed by atoms with Gasteiger partial charge < -0.3 is 4.90 Å². The lowest BCUT2D eigenvalue weighted by Crippen LogP contribution is -2.39. The number of carbonyl (C=O) groups is 1. The van der Waals surface area contributed by atoms with Gasteiger partial charge in [-0.15, -0.1) is 0 Å². The van der Waals surface area contributed by atoms with Crippen molar-refractivity contribution in [2.75, 3.05) is 13.1 Å². The van der Waals surface area contributed by atoms with Crippen LogP contribution < -0.4 is 0 Å². The van der Waals surface area contributed by atoms with E-state index in [-0.39, 0.29) is 17.6 Å². The van der Waals surface area contributed by atoms with Gasteiger partial charge in [-0.25, -0.2) is 8.78 Å². The van der Waals surface area contributed by atoms with Gasteiger partial charge in [0.2, 0.25) is 0 Å². The van der Waals surface area contributed by atoms with E-state index in [0.717, 1.165) is 29.8 Å². The lowest BCUT2D eigenvalue weighted by molar-refractivity contribution is 0.0705. The number of likely N-dealkylation sites (tertiary alicyclic amines) is 1. The molecule has 0 spiro atoms. The molecule has 2 aromatic carbocycles. The Morgan fingerprint density at radius 2 is 1.89 bits per heavy atom. The molecule has 1 unspecified atom stereocenters. The van der Waals surface area contributed by atoms with Crippen molar-refractivity contribution in [2.45, 2.75) is 18.8 Å². The molecule has 2 heterocycles. The van der Waals surface area contributed by atoms with Crippen molar-refractivity contribution >= 4 is 5.91 Å². The van der Waals surface area contributed by atoms with Gasteiger partial charge in [0.1, 0.15) is 11.6 Å². The van der Waals surface area contributed by atoms with Crippen LogP contribution >= 0.6 is 0 Å². The minimum atomic E-state index is -0.410. The molecule has 3 aromatic rings. The second kappa shape index (κ2) is 7.31. The molecule has 6 heteroatoms. The van der Waals surface area contributed by atoms with Crippen molar-refractivity contribution in [3.63, 3.8) is 0 Å². The Morgan fingerprint density at radius 3 is 2.67 bits per heavy atom. The molecule has 0 radical (unpaired) electrons. The molecule has 0 aliphatic carbocycles. The van der Waals surface area contributed by atoms with Crippen LogP contribution in [0.5, 0.6) is 0 Å². The van der Waals surface area contributed by atoms with Crippen LogP contribution in [0.4, 0.5) is 8.78 Å². The van der Waals surface area contributed by atoms with Crippen LogP contribution in [0.1, 0.15) is 34.8 Å². The lowest BCUT2D eigenvalue weighted by Gasteiger charge is -2.32. The third kappa shape index (κ3) is 3.74. The van der Waals surface area contributed by atoms with E-state index in [1.54, 1.807) is 29.2 Å². The molecule has 1 aliphatic rings. The van der Waals surface area contributed by atoms with Crippen LogP contribution in [-0.2, 0) is 0 Å². The molecule has 1 amide bonds. The van der Waals surface area contributed by atoms with Gasteiger partial charge in [0.05, 0.1) is 5.69 Å². The van der Waals surface area contributed by atoms with E-state index in [1.807, 2.05) is 6.07 Å². The SMILES string of the molecule is O=C(c1cccc(F)c1)N1CCCC(c2cc(-c3ccc(F)cc3)n[nH]2)C1. The maximum atomic E-state index is 13.4. The number of aromatic nitrogens is 2. The Kier molecular flexibility index (Phi) is 4.71. The summed E-state index contributed by atoms with van der Waals surface area (Å²) in [6.45, 7) is 1.21. The molecule has 138 valence electrons. The number of benzene rings is 2. The smallest absolute Gasteiger partial charge is 0.253 e. The fourth-order valence-corrected chi connectivity index (χ4v) is 3.53. The van der Waals surface area contributed by atoms with Crippen molar-refractivity contribution in [3.05, 3.63) is 77.5 Å². The quantitative estimate of drug-likeness (QED) is 0.747. The second-order valence-electron chi connectivity index (χ2n) is 6.82. The molecule has 1 saturated heterocycles. The van der Waals surface area contributed by atoms with Crippen LogP contribution in [0, 0.1) is 11.6 Å². The third-order valence-corrected chi connectivity index (χ3v) is 4.96. The van der Waals surface area contributed by atoms with E-state index in [1.165, 1.54) is 24.3 Å². The topological polar surface area (TPSA) is 49.0 Å². The second-order valence-corrected chi connectivity index (χ2v) is 6.82. The summed E-state index contributed by atoms with van der Waals surface area (Å²) in [6, 6.07) is 13.9. The van der Waals surface area contributed by atoms with Crippen LogP contribution in [0.15, 0.2) is 54.6 Å². The maximum Gasteiger partial charge on any atom is 0.253 e. The Hall–Kier alpha value is -3.02. The predicted molar refractivity (Wildman–Crippen MR) is 98.3 cm³/mol. The number of nitrogens with zero attached hydrogens (tertiary/aromatic N) is 2. The van der Waals surface area contributed by atoms with E-state index in [0.29, 0.717) is 18.7 Å². The molecule has 1 aliphatic heterocycles. The summed E-state index contributed by atoms with van der Waals surface area (Å²) in [6.07, 6.45) is 1.81. The summed E-state index contributed by atoms with van der Waals surface area (Å²) >= 11 is 0. The highest BCUT2D eigenvalue weighted by Gasteiger charge is 2.27. The monoisotopic (exact) mass is 367 g/mol. The van der Waals surface area contributed by atoms with Gasteiger partial charge in [0, 0.05) is 35.8 Å². The van der Waals surface area contributed by atoms with E-state index < -0.39 is 5.82 Å². The summed E-state index contributed by atoms with van der Waals surface area (Å²) in [5, 5.41) is 7.39. The van der Waals surface area contributed by atoms with Crippen molar-refractivity contribution in [2.24, 2.45) is 0 Å². The number of H-pyrrole nitrogens is 1. The minimum Gasteiger partial charge on any atom is -0.338 e. The average molecular weight is 367 g/mol. The van der Waals surface area contributed by atoms with Crippen molar-refractivity contribution in [1.29, 1.82) is 0 Å². The van der Waals surface area contributed by atoms with Gasteiger partial charge in [-0.1, -0.05) is 6.07 Å². The number of nitrogens with one attached hydrogen (secondary N) is 1. The molecule has 1 N–H and O–H groups in total. The fraction of sp³-hybridized carbons (Fsp3) is 0.238. The number of amides is 1.